The van der Waals surface area contributed by atoms with Crippen molar-refractivity contribution in [2.24, 2.45) is 17.6 Å². The van der Waals surface area contributed by atoms with Crippen LogP contribution in [0.25, 0.3) is 5.69 Å². The van der Waals surface area contributed by atoms with Crippen LogP contribution in [0.1, 0.15) is 44.3 Å². The molecular formula is C17H23N3. The smallest absolute Gasteiger partial charge is 0.0649 e. The fraction of sp³-hybridized carbons (Fsp3) is 0.471. The summed E-state index contributed by atoms with van der Waals surface area (Å²) in [5.74, 6) is 1.46. The molecule has 3 rings (SSSR count). The molecule has 1 saturated carbocycles. The molecule has 1 aromatic carbocycles. The molecule has 3 heteroatoms. The summed E-state index contributed by atoms with van der Waals surface area (Å²) in [5, 5.41) is 4.45. The van der Waals surface area contributed by atoms with Gasteiger partial charge in [-0.2, -0.15) is 5.10 Å². The molecule has 0 amide bonds. The predicted molar refractivity (Wildman–Crippen MR) is 81.6 cm³/mol. The number of benzene rings is 1. The first-order valence-electron chi connectivity index (χ1n) is 7.64. The molecule has 3 unspecified atom stereocenters. The zero-order valence-corrected chi connectivity index (χ0v) is 12.1. The van der Waals surface area contributed by atoms with Crippen molar-refractivity contribution in [3.8, 4) is 5.69 Å². The molecule has 1 fully saturated rings. The number of aromatic nitrogens is 2. The monoisotopic (exact) mass is 269 g/mol. The Morgan fingerprint density at radius 3 is 2.75 bits per heavy atom. The van der Waals surface area contributed by atoms with Crippen molar-refractivity contribution in [3.63, 3.8) is 0 Å². The highest BCUT2D eigenvalue weighted by molar-refractivity contribution is 5.33. The quantitative estimate of drug-likeness (QED) is 0.919. The van der Waals surface area contributed by atoms with E-state index in [-0.39, 0.29) is 6.04 Å². The van der Waals surface area contributed by atoms with E-state index in [2.05, 4.69) is 30.2 Å². The van der Waals surface area contributed by atoms with Gasteiger partial charge in [0.1, 0.15) is 0 Å². The maximum atomic E-state index is 6.54. The molecule has 20 heavy (non-hydrogen) atoms. The SMILES string of the molecule is CCC1CCC(C(N)c2ccnn2-c2ccccc2)C1. The Balaban J connectivity index is 1.83. The van der Waals surface area contributed by atoms with E-state index in [0.717, 1.165) is 17.3 Å². The number of hydrogen-bond donors (Lipinski definition) is 1. The molecule has 0 radical (unpaired) electrons. The Hall–Kier alpha value is -1.61. The van der Waals surface area contributed by atoms with Crippen LogP contribution in [0.3, 0.4) is 0 Å². The van der Waals surface area contributed by atoms with Gasteiger partial charge < -0.3 is 5.73 Å². The van der Waals surface area contributed by atoms with Gasteiger partial charge in [0.2, 0.25) is 0 Å². The number of nitrogens with zero attached hydrogens (tertiary/aromatic N) is 2. The summed E-state index contributed by atoms with van der Waals surface area (Å²) in [5.41, 5.74) is 8.77. The Morgan fingerprint density at radius 2 is 2.05 bits per heavy atom. The molecule has 1 aliphatic rings. The van der Waals surface area contributed by atoms with Gasteiger partial charge in [-0.3, -0.25) is 0 Å². The number of rotatable bonds is 4. The van der Waals surface area contributed by atoms with Gasteiger partial charge in [-0.1, -0.05) is 38.0 Å². The molecule has 0 aliphatic heterocycles. The minimum atomic E-state index is 0.0919. The fourth-order valence-electron chi connectivity index (χ4n) is 3.40. The average Bonchev–Trinajstić information content (AvgIpc) is 3.16. The van der Waals surface area contributed by atoms with E-state index in [0.29, 0.717) is 5.92 Å². The zero-order valence-electron chi connectivity index (χ0n) is 12.1. The van der Waals surface area contributed by atoms with E-state index >= 15 is 0 Å². The van der Waals surface area contributed by atoms with E-state index in [4.69, 9.17) is 5.73 Å². The van der Waals surface area contributed by atoms with Crippen molar-refractivity contribution in [3.05, 3.63) is 48.3 Å². The molecule has 0 bridgehead atoms. The van der Waals surface area contributed by atoms with E-state index in [1.807, 2.05) is 29.1 Å². The van der Waals surface area contributed by atoms with Gasteiger partial charge in [0.05, 0.1) is 11.4 Å². The molecule has 3 atom stereocenters. The third-order valence-corrected chi connectivity index (χ3v) is 4.68. The summed E-state index contributed by atoms with van der Waals surface area (Å²) in [4.78, 5) is 0. The second-order valence-corrected chi connectivity index (χ2v) is 5.88. The van der Waals surface area contributed by atoms with Crippen molar-refractivity contribution >= 4 is 0 Å². The third kappa shape index (κ3) is 2.50. The standard InChI is InChI=1S/C17H23N3/c1-2-13-8-9-14(12-13)17(18)16-10-11-19-20(16)15-6-4-3-5-7-15/h3-7,10-11,13-14,17H,2,8-9,12,18H2,1H3. The highest BCUT2D eigenvalue weighted by atomic mass is 15.3. The Kier molecular flexibility index (Phi) is 3.88. The van der Waals surface area contributed by atoms with Gasteiger partial charge in [-0.25, -0.2) is 4.68 Å². The zero-order chi connectivity index (χ0) is 13.9. The number of para-hydroxylation sites is 1. The van der Waals surface area contributed by atoms with Gasteiger partial charge in [0.25, 0.3) is 0 Å². The summed E-state index contributed by atoms with van der Waals surface area (Å²) in [7, 11) is 0. The van der Waals surface area contributed by atoms with Crippen LogP contribution in [0.4, 0.5) is 0 Å². The predicted octanol–water partition coefficient (Wildman–Crippen LogP) is 3.70. The highest BCUT2D eigenvalue weighted by Crippen LogP contribution is 2.39. The Morgan fingerprint density at radius 1 is 1.25 bits per heavy atom. The number of hydrogen-bond acceptors (Lipinski definition) is 2. The normalized spacial score (nSPS) is 23.9. The molecule has 0 saturated heterocycles. The first-order valence-corrected chi connectivity index (χ1v) is 7.64. The van der Waals surface area contributed by atoms with Crippen LogP contribution >= 0.6 is 0 Å². The lowest BCUT2D eigenvalue weighted by atomic mass is 9.94. The van der Waals surface area contributed by atoms with Gasteiger partial charge in [-0.05, 0) is 42.9 Å². The summed E-state index contributed by atoms with van der Waals surface area (Å²) in [6, 6.07) is 12.4. The summed E-state index contributed by atoms with van der Waals surface area (Å²) in [6.07, 6.45) is 6.97. The molecule has 2 aromatic rings. The average molecular weight is 269 g/mol. The Labute approximate surface area is 120 Å². The van der Waals surface area contributed by atoms with Crippen LogP contribution < -0.4 is 5.73 Å². The van der Waals surface area contributed by atoms with Gasteiger partial charge in [0, 0.05) is 12.2 Å². The highest BCUT2D eigenvalue weighted by Gasteiger charge is 2.30. The summed E-state index contributed by atoms with van der Waals surface area (Å²) in [6.45, 7) is 2.28. The molecule has 2 N–H and O–H groups in total. The minimum Gasteiger partial charge on any atom is -0.322 e. The second kappa shape index (κ2) is 5.80. The van der Waals surface area contributed by atoms with Gasteiger partial charge in [0.15, 0.2) is 0 Å². The molecule has 3 nitrogen and oxygen atoms in total. The molecule has 1 aliphatic carbocycles. The van der Waals surface area contributed by atoms with Crippen LogP contribution in [-0.2, 0) is 0 Å². The van der Waals surface area contributed by atoms with Crippen LogP contribution in [0.15, 0.2) is 42.6 Å². The van der Waals surface area contributed by atoms with Crippen LogP contribution in [0, 0.1) is 11.8 Å². The third-order valence-electron chi connectivity index (χ3n) is 4.68. The molecule has 1 heterocycles. The lowest BCUT2D eigenvalue weighted by Gasteiger charge is -2.20. The maximum Gasteiger partial charge on any atom is 0.0649 e. The topological polar surface area (TPSA) is 43.8 Å². The minimum absolute atomic E-state index is 0.0919. The number of nitrogens with two attached hydrogens (primary N) is 1. The van der Waals surface area contributed by atoms with Gasteiger partial charge >= 0.3 is 0 Å². The van der Waals surface area contributed by atoms with Crippen molar-refractivity contribution in [2.45, 2.75) is 38.6 Å². The van der Waals surface area contributed by atoms with Crippen LogP contribution in [0.2, 0.25) is 0 Å². The Bertz CT molecular complexity index is 546. The molecule has 106 valence electrons. The summed E-state index contributed by atoms with van der Waals surface area (Å²) >= 11 is 0. The molecule has 0 spiro atoms. The first-order chi connectivity index (χ1) is 9.79. The largest absolute Gasteiger partial charge is 0.322 e. The second-order valence-electron chi connectivity index (χ2n) is 5.88. The van der Waals surface area contributed by atoms with E-state index in [1.165, 1.54) is 25.7 Å². The lowest BCUT2D eigenvalue weighted by molar-refractivity contribution is 0.404. The van der Waals surface area contributed by atoms with Crippen molar-refractivity contribution in [1.29, 1.82) is 0 Å². The van der Waals surface area contributed by atoms with E-state index < -0.39 is 0 Å². The van der Waals surface area contributed by atoms with Crippen molar-refractivity contribution in [1.82, 2.24) is 9.78 Å². The molecule has 1 aromatic heterocycles. The van der Waals surface area contributed by atoms with Crippen molar-refractivity contribution < 1.29 is 0 Å². The maximum absolute atomic E-state index is 6.54. The van der Waals surface area contributed by atoms with E-state index in [9.17, 15) is 0 Å². The fourth-order valence-corrected chi connectivity index (χ4v) is 3.40. The van der Waals surface area contributed by atoms with Crippen LogP contribution in [-0.4, -0.2) is 9.78 Å². The molecular weight excluding hydrogens is 246 g/mol. The van der Waals surface area contributed by atoms with E-state index in [1.54, 1.807) is 0 Å². The van der Waals surface area contributed by atoms with Gasteiger partial charge in [-0.15, -0.1) is 0 Å². The first kappa shape index (κ1) is 13.4. The lowest BCUT2D eigenvalue weighted by Crippen LogP contribution is -2.22. The van der Waals surface area contributed by atoms with Crippen LogP contribution in [0.5, 0.6) is 0 Å². The summed E-state index contributed by atoms with van der Waals surface area (Å²) < 4.78 is 1.99. The van der Waals surface area contributed by atoms with Crippen molar-refractivity contribution in [2.75, 3.05) is 0 Å².